The highest BCUT2D eigenvalue weighted by molar-refractivity contribution is 7.86. The van der Waals surface area contributed by atoms with Gasteiger partial charge in [0.1, 0.15) is 17.6 Å². The topological polar surface area (TPSA) is 198 Å². The third-order valence-corrected chi connectivity index (χ3v) is 16.0. The van der Waals surface area contributed by atoms with Crippen molar-refractivity contribution in [3.05, 3.63) is 142 Å². The fourth-order valence-electron chi connectivity index (χ4n) is 11.7. The van der Waals surface area contributed by atoms with Crippen LogP contribution >= 0.6 is 0 Å². The van der Waals surface area contributed by atoms with Crippen molar-refractivity contribution in [3.8, 4) is 23.3 Å². The zero-order valence-electron chi connectivity index (χ0n) is 36.2. The maximum absolute atomic E-state index is 14.2. The molecule has 7 aliphatic rings. The Morgan fingerprint density at radius 1 is 0.969 bits per heavy atom. The van der Waals surface area contributed by atoms with Crippen molar-refractivity contribution >= 4 is 16.1 Å². The summed E-state index contributed by atoms with van der Waals surface area (Å²) < 4.78 is 54.0. The van der Waals surface area contributed by atoms with E-state index in [9.17, 15) is 28.3 Å². The van der Waals surface area contributed by atoms with Crippen LogP contribution in [-0.4, -0.2) is 58.8 Å². The zero-order valence-corrected chi connectivity index (χ0v) is 37.0. The number of hydrogen-bond donors (Lipinski definition) is 6. The molecule has 0 amide bonds. The molecule has 10 bridgehead atoms. The van der Waals surface area contributed by atoms with Crippen LogP contribution in [0.2, 0.25) is 0 Å². The van der Waals surface area contributed by atoms with Crippen LogP contribution < -0.4 is 16.2 Å². The summed E-state index contributed by atoms with van der Waals surface area (Å²) in [5.74, 6) is 5.29. The molecule has 12 heteroatoms. The molecule has 5 aliphatic heterocycles. The van der Waals surface area contributed by atoms with Crippen LogP contribution in [0.4, 0.5) is 0 Å². The van der Waals surface area contributed by atoms with Crippen molar-refractivity contribution in [2.45, 2.75) is 99.7 Å². The number of rotatable bonds is 8. The molecule has 11 rings (SSSR count). The monoisotopic (exact) mass is 885 g/mol. The first-order valence-corrected chi connectivity index (χ1v) is 24.2. The van der Waals surface area contributed by atoms with E-state index in [0.29, 0.717) is 49.0 Å². The van der Waals surface area contributed by atoms with Gasteiger partial charge in [0, 0.05) is 48.7 Å². The molecular formula is C52H59N3O8S. The van der Waals surface area contributed by atoms with E-state index in [2.05, 4.69) is 24.8 Å². The number of benzene rings is 4. The second-order valence-electron chi connectivity index (χ2n) is 19.0. The van der Waals surface area contributed by atoms with Crippen molar-refractivity contribution < 1.29 is 37.8 Å². The van der Waals surface area contributed by atoms with Gasteiger partial charge in [-0.3, -0.25) is 4.55 Å². The Labute approximate surface area is 376 Å². The van der Waals surface area contributed by atoms with E-state index in [4.69, 9.17) is 25.9 Å². The van der Waals surface area contributed by atoms with Gasteiger partial charge >= 0.3 is 0 Å². The molecule has 5 heterocycles. The molecule has 0 radical (unpaired) electrons. The van der Waals surface area contributed by atoms with Gasteiger partial charge in [-0.2, -0.15) is 8.42 Å². The normalized spacial score (nSPS) is 30.0. The summed E-state index contributed by atoms with van der Waals surface area (Å²) in [6, 6.07) is 29.0. The molecule has 4 aromatic rings. The highest BCUT2D eigenvalue weighted by Crippen LogP contribution is 2.55. The van der Waals surface area contributed by atoms with Crippen LogP contribution in [0.5, 0.6) is 11.5 Å². The molecule has 1 saturated heterocycles. The summed E-state index contributed by atoms with van der Waals surface area (Å²) >= 11 is 0. The van der Waals surface area contributed by atoms with Crippen LogP contribution in [0.25, 0.3) is 0 Å². The summed E-state index contributed by atoms with van der Waals surface area (Å²) in [4.78, 5) is 4.88. The molecular weight excluding hydrogens is 827 g/mol. The largest absolute Gasteiger partial charge is 0.508 e. The number of ether oxygens (including phenoxy) is 2. The number of phenolic OH excluding ortho intramolecular Hbond substituents is 1. The van der Waals surface area contributed by atoms with Gasteiger partial charge in [0.25, 0.3) is 10.1 Å². The van der Waals surface area contributed by atoms with E-state index in [1.807, 2.05) is 78.9 Å². The molecule has 0 unspecified atom stereocenters. The SMILES string of the molecule is C[C@@H]1CCc2cc3ccc2[C@H]1C[C@@H](S(=O)(=O)O)[C@H]1C=C2C[C@H](C[C@H]4C[C@@H](CO)CC#Cc5cc(O)ccc5[C@@H]2O4)[C@@H]1c1ccc(cc1)[C@](C[C@H](CO)Cc1ccccc1)(N=C(N)N)O3. The predicted octanol–water partition coefficient (Wildman–Crippen LogP) is 7.39. The minimum absolute atomic E-state index is 0.0671. The lowest BCUT2D eigenvalue weighted by Gasteiger charge is -2.42. The average Bonchev–Trinajstić information content (AvgIpc) is 3.40. The Bertz CT molecular complexity index is 2580. The summed E-state index contributed by atoms with van der Waals surface area (Å²) in [6.45, 7) is 1.95. The standard InChI is InChI=1S/C52H59N3O8S/c1-31-10-11-37-24-42-17-19-44(37)46(31)27-48(64(59,60)61)47-26-39-22-38(25-43-21-33(29-56)8-5-9-36-23-41(58)16-18-45(36)50(39)62-43)49(47)35-12-14-40(15-13-35)52(63-42,55-51(53)54)28-34(30-57)20-32-6-3-2-4-7-32/h2-4,6-7,12-19,23-24,26,31,33-34,38,43,46-50,56-58H,8,10-11,20-22,25,27-30H2,1H3,(H4,53,54,55)(H,59,60,61)/t31-,33+,34-,38-,43-,46+,47-,48-,49+,50-,52-/m1/s1. The minimum Gasteiger partial charge on any atom is -0.508 e. The second kappa shape index (κ2) is 18.0. The zero-order chi connectivity index (χ0) is 44.8. The van der Waals surface area contributed by atoms with Gasteiger partial charge < -0.3 is 36.3 Å². The van der Waals surface area contributed by atoms with Crippen molar-refractivity contribution in [2.24, 2.45) is 46.0 Å². The van der Waals surface area contributed by atoms with E-state index in [1.54, 1.807) is 12.1 Å². The fraction of sp³-hybridized carbons (Fsp3) is 0.442. The number of nitrogens with two attached hydrogens (primary N) is 2. The van der Waals surface area contributed by atoms with E-state index >= 15 is 0 Å². The lowest BCUT2D eigenvalue weighted by molar-refractivity contribution is -0.0131. The average molecular weight is 886 g/mol. The van der Waals surface area contributed by atoms with E-state index in [1.165, 1.54) is 0 Å². The number of fused-ring (bicyclic) bond motifs is 9. The minimum atomic E-state index is -4.65. The van der Waals surface area contributed by atoms with Gasteiger partial charge in [-0.15, -0.1) is 0 Å². The Balaban J connectivity index is 1.25. The first-order chi connectivity index (χ1) is 30.8. The molecule has 11 nitrogen and oxygen atoms in total. The van der Waals surface area contributed by atoms with Gasteiger partial charge in [-0.05, 0) is 133 Å². The van der Waals surface area contributed by atoms with Crippen LogP contribution in [0.1, 0.15) is 109 Å². The highest BCUT2D eigenvalue weighted by Gasteiger charge is 2.49. The number of guanidine groups is 1. The summed E-state index contributed by atoms with van der Waals surface area (Å²) in [7, 11) is -4.65. The van der Waals surface area contributed by atoms with Crippen molar-refractivity contribution in [1.29, 1.82) is 0 Å². The second-order valence-corrected chi connectivity index (χ2v) is 20.6. The van der Waals surface area contributed by atoms with Crippen LogP contribution in [-0.2, 0) is 33.4 Å². The van der Waals surface area contributed by atoms with Crippen LogP contribution in [0, 0.1) is 41.4 Å². The predicted molar refractivity (Wildman–Crippen MR) is 246 cm³/mol. The van der Waals surface area contributed by atoms with E-state index in [-0.39, 0.29) is 79.4 Å². The molecule has 11 atom stereocenters. The van der Waals surface area contributed by atoms with Crippen molar-refractivity contribution in [1.82, 2.24) is 0 Å². The Morgan fingerprint density at radius 3 is 2.48 bits per heavy atom. The van der Waals surface area contributed by atoms with Crippen molar-refractivity contribution in [3.63, 3.8) is 0 Å². The van der Waals surface area contributed by atoms with Crippen LogP contribution in [0.15, 0.2) is 108 Å². The number of hydrogen-bond acceptors (Lipinski definition) is 8. The molecule has 8 N–H and O–H groups in total. The van der Waals surface area contributed by atoms with Gasteiger partial charge in [0.2, 0.25) is 5.72 Å². The Hall–Kier alpha value is -5.16. The van der Waals surface area contributed by atoms with Gasteiger partial charge in [-0.25, -0.2) is 4.99 Å². The Kier molecular flexibility index (Phi) is 12.4. The summed E-state index contributed by atoms with van der Waals surface area (Å²) in [5.41, 5.74) is 18.1. The number of allylic oxidation sites excluding steroid dienone is 1. The number of aliphatic hydroxyl groups is 2. The third-order valence-electron chi connectivity index (χ3n) is 14.7. The van der Waals surface area contributed by atoms with Gasteiger partial charge in [0.15, 0.2) is 5.96 Å². The van der Waals surface area contributed by atoms with Gasteiger partial charge in [0.05, 0.1) is 11.4 Å². The maximum atomic E-state index is 14.2. The van der Waals surface area contributed by atoms with Gasteiger partial charge in [-0.1, -0.05) is 91.6 Å². The third kappa shape index (κ3) is 8.93. The molecule has 64 heavy (non-hydrogen) atoms. The van der Waals surface area contributed by atoms with E-state index in [0.717, 1.165) is 46.2 Å². The molecule has 0 saturated carbocycles. The number of phenols is 1. The number of aliphatic hydroxyl groups excluding tert-OH is 2. The molecule has 0 aromatic heterocycles. The Morgan fingerprint density at radius 2 is 1.75 bits per heavy atom. The number of aryl methyl sites for hydroxylation is 1. The van der Waals surface area contributed by atoms with Crippen molar-refractivity contribution in [2.75, 3.05) is 13.2 Å². The molecule has 1 fully saturated rings. The first-order valence-electron chi connectivity index (χ1n) is 22.7. The lowest BCUT2D eigenvalue weighted by Crippen LogP contribution is -2.40. The smallest absolute Gasteiger partial charge is 0.268 e. The number of aromatic hydroxyl groups is 1. The summed E-state index contributed by atoms with van der Waals surface area (Å²) in [5, 5.41) is 30.8. The molecule has 336 valence electrons. The maximum Gasteiger partial charge on any atom is 0.268 e. The lowest BCUT2D eigenvalue weighted by atomic mass is 9.64. The highest BCUT2D eigenvalue weighted by atomic mass is 32.2. The van der Waals surface area contributed by atoms with Crippen LogP contribution in [0.3, 0.4) is 0 Å². The quantitative estimate of drug-likeness (QED) is 0.0341. The fourth-order valence-corrected chi connectivity index (χ4v) is 12.8. The molecule has 4 aromatic carbocycles. The summed E-state index contributed by atoms with van der Waals surface area (Å²) in [6.07, 6.45) is 5.94. The van der Waals surface area contributed by atoms with E-state index < -0.39 is 33.1 Å². The molecule has 2 aliphatic carbocycles. The number of aliphatic imine (C=N–C) groups is 1. The first kappa shape index (κ1) is 44.1. The number of nitrogens with zero attached hydrogens (tertiary/aromatic N) is 1. The molecule has 0 spiro atoms.